The van der Waals surface area contributed by atoms with E-state index in [9.17, 15) is 29.6 Å². The summed E-state index contributed by atoms with van der Waals surface area (Å²) in [6, 6.07) is 3.44. The van der Waals surface area contributed by atoms with Gasteiger partial charge in [-0.3, -0.25) is 19.7 Å². The third kappa shape index (κ3) is 9.52. The molecular weight excluding hydrogens is 648 g/mol. The molecule has 10 heteroatoms. The van der Waals surface area contributed by atoms with E-state index in [1.54, 1.807) is 19.1 Å². The zero-order valence-electron chi connectivity index (χ0n) is 32.4. The van der Waals surface area contributed by atoms with Crippen LogP contribution in [0, 0.1) is 23.0 Å². The van der Waals surface area contributed by atoms with Crippen molar-refractivity contribution in [2.45, 2.75) is 180 Å². The molecule has 0 spiro atoms. The Bertz CT molecular complexity index is 1390. The normalized spacial score (nSPS) is 25.1. The molecule has 2 fully saturated rings. The summed E-state index contributed by atoms with van der Waals surface area (Å²) in [5.41, 5.74) is -2.15. The first-order valence-electron chi connectivity index (χ1n) is 19.4. The number of benzene rings is 1. The summed E-state index contributed by atoms with van der Waals surface area (Å²) >= 11 is 0. The lowest BCUT2D eigenvalue weighted by Crippen LogP contribution is -2.70. The molecule has 1 aromatic carbocycles. The van der Waals surface area contributed by atoms with Gasteiger partial charge < -0.3 is 19.5 Å². The maximum atomic E-state index is 14.5. The number of hydrogen-bond acceptors (Lipinski definition) is 8. The number of phenolic OH excluding ortho intramolecular Hbond substituents is 1. The van der Waals surface area contributed by atoms with Crippen molar-refractivity contribution in [1.29, 1.82) is 0 Å². The molecule has 3 rings (SSSR count). The monoisotopic (exact) mass is 712 g/mol. The van der Waals surface area contributed by atoms with Gasteiger partial charge in [0.05, 0.1) is 13.0 Å². The highest BCUT2D eigenvalue weighted by Gasteiger charge is 2.59. The molecule has 51 heavy (non-hydrogen) atoms. The van der Waals surface area contributed by atoms with Gasteiger partial charge >= 0.3 is 17.5 Å². The molecule has 1 aliphatic carbocycles. The van der Waals surface area contributed by atoms with Gasteiger partial charge in [0, 0.05) is 28.3 Å². The van der Waals surface area contributed by atoms with E-state index in [0.717, 1.165) is 69.8 Å². The fourth-order valence-electron chi connectivity index (χ4n) is 8.52. The summed E-state index contributed by atoms with van der Waals surface area (Å²) in [7, 11) is 0. The lowest BCUT2D eigenvalue weighted by molar-refractivity contribution is -0.555. The highest BCUT2D eigenvalue weighted by atomic mass is 16.6. The van der Waals surface area contributed by atoms with Gasteiger partial charge in [0.2, 0.25) is 5.91 Å². The molecule has 5 unspecified atom stereocenters. The minimum absolute atomic E-state index is 0.111. The Kier molecular flexibility index (Phi) is 15.1. The van der Waals surface area contributed by atoms with Crippen LogP contribution in [-0.2, 0) is 30.3 Å². The molecular formula is C41H64N2O8. The molecule has 1 aliphatic heterocycles. The third-order valence-electron chi connectivity index (χ3n) is 12.2. The van der Waals surface area contributed by atoms with Gasteiger partial charge in [-0.25, -0.2) is 4.79 Å². The SMILES string of the molecule is C=CC(=O)N1C(C)(CC)CC(OC(=O)C(CC(=O)OCCCCCCCC)(Cc2cc(C)c(O)c(C3CCCCC3)c2)[N+](=O)[O-])C(C)C1(C)CC. The third-order valence-corrected chi connectivity index (χ3v) is 12.2. The minimum atomic E-state index is -2.47. The smallest absolute Gasteiger partial charge is 0.386 e. The van der Waals surface area contributed by atoms with Crippen LogP contribution in [0.5, 0.6) is 5.75 Å². The van der Waals surface area contributed by atoms with Crippen LogP contribution in [0.2, 0.25) is 0 Å². The standard InChI is InChI=1S/C41H64N2O8/c1-9-13-14-15-16-20-23-50-36(45)28-41(43(48)49,26-31-24-29(5)37(46)33(25-31)32-21-18-17-19-22-32)38(47)51-34-27-39(7,11-3)42(35(44)10-2)40(8,12-4)30(34)6/h10,24-25,30,32,34,46H,2,9,11-23,26-28H2,1,3-8H3. The summed E-state index contributed by atoms with van der Waals surface area (Å²) in [4.78, 5) is 55.6. The van der Waals surface area contributed by atoms with Crippen LogP contribution in [0.25, 0.3) is 0 Å². The van der Waals surface area contributed by atoms with Crippen LogP contribution in [-0.4, -0.2) is 62.1 Å². The molecule has 2 aliphatic rings. The first-order valence-corrected chi connectivity index (χ1v) is 19.4. The molecule has 1 saturated carbocycles. The van der Waals surface area contributed by atoms with Gasteiger partial charge in [-0.15, -0.1) is 0 Å². The number of carbonyl (C=O) groups excluding carboxylic acids is 3. The van der Waals surface area contributed by atoms with Gasteiger partial charge in [-0.05, 0) is 81.6 Å². The van der Waals surface area contributed by atoms with E-state index < -0.39 is 52.4 Å². The number of ether oxygens (including phenoxy) is 2. The van der Waals surface area contributed by atoms with Crippen molar-refractivity contribution in [3.05, 3.63) is 51.6 Å². The molecule has 0 bridgehead atoms. The highest BCUT2D eigenvalue weighted by Crippen LogP contribution is 2.47. The first kappa shape index (κ1) is 42.0. The summed E-state index contributed by atoms with van der Waals surface area (Å²) < 4.78 is 11.8. The predicted molar refractivity (Wildman–Crippen MR) is 199 cm³/mol. The Morgan fingerprint density at radius 3 is 2.29 bits per heavy atom. The molecule has 0 aromatic heterocycles. The van der Waals surface area contributed by atoms with Crippen molar-refractivity contribution >= 4 is 17.8 Å². The second-order valence-corrected chi connectivity index (χ2v) is 15.7. The van der Waals surface area contributed by atoms with E-state index in [0.29, 0.717) is 30.4 Å². The Balaban J connectivity index is 2.01. The van der Waals surface area contributed by atoms with Crippen LogP contribution in [0.4, 0.5) is 0 Å². The predicted octanol–water partition coefficient (Wildman–Crippen LogP) is 8.90. The number of likely N-dealkylation sites (tertiary alicyclic amines) is 1. The zero-order valence-corrected chi connectivity index (χ0v) is 32.4. The van der Waals surface area contributed by atoms with Crippen LogP contribution in [0.1, 0.15) is 160 Å². The van der Waals surface area contributed by atoms with Crippen molar-refractivity contribution in [2.24, 2.45) is 5.92 Å². The molecule has 1 N–H and O–H groups in total. The number of nitrogens with zero attached hydrogens (tertiary/aromatic N) is 2. The summed E-state index contributed by atoms with van der Waals surface area (Å²) in [5.74, 6) is -2.23. The van der Waals surface area contributed by atoms with Crippen molar-refractivity contribution < 1.29 is 33.9 Å². The summed E-state index contributed by atoms with van der Waals surface area (Å²) in [6.07, 6.45) is 11.6. The maximum absolute atomic E-state index is 14.5. The van der Waals surface area contributed by atoms with Crippen molar-refractivity contribution in [3.8, 4) is 5.75 Å². The molecule has 5 atom stereocenters. The Labute approximate surface area is 305 Å². The fraction of sp³-hybridized carbons (Fsp3) is 0.732. The zero-order chi connectivity index (χ0) is 38.0. The lowest BCUT2D eigenvalue weighted by Gasteiger charge is -2.60. The number of aromatic hydroxyl groups is 1. The lowest BCUT2D eigenvalue weighted by atomic mass is 9.67. The number of amides is 1. The van der Waals surface area contributed by atoms with E-state index in [1.165, 1.54) is 6.08 Å². The summed E-state index contributed by atoms with van der Waals surface area (Å²) in [5, 5.41) is 24.3. The number of carbonyl (C=O) groups is 3. The largest absolute Gasteiger partial charge is 0.507 e. The average Bonchev–Trinajstić information content (AvgIpc) is 3.11. The van der Waals surface area contributed by atoms with E-state index >= 15 is 0 Å². The molecule has 1 heterocycles. The van der Waals surface area contributed by atoms with Crippen LogP contribution < -0.4 is 0 Å². The van der Waals surface area contributed by atoms with Gasteiger partial charge in [-0.1, -0.05) is 97.8 Å². The van der Waals surface area contributed by atoms with E-state index in [1.807, 2.05) is 39.5 Å². The quantitative estimate of drug-likeness (QED) is 0.0524. The number of unbranched alkanes of at least 4 members (excludes halogenated alkanes) is 5. The Morgan fingerprint density at radius 1 is 1.06 bits per heavy atom. The summed E-state index contributed by atoms with van der Waals surface area (Å²) in [6.45, 7) is 17.5. The van der Waals surface area contributed by atoms with Gasteiger partial charge in [0.15, 0.2) is 0 Å². The topological polar surface area (TPSA) is 136 Å². The van der Waals surface area contributed by atoms with Gasteiger partial charge in [-0.2, -0.15) is 0 Å². The van der Waals surface area contributed by atoms with Crippen molar-refractivity contribution in [2.75, 3.05) is 6.61 Å². The number of phenols is 1. The number of rotatable bonds is 18. The van der Waals surface area contributed by atoms with Crippen molar-refractivity contribution in [3.63, 3.8) is 0 Å². The maximum Gasteiger partial charge on any atom is 0.386 e. The minimum Gasteiger partial charge on any atom is -0.507 e. The number of nitro groups is 1. The van der Waals surface area contributed by atoms with E-state index in [2.05, 4.69) is 13.5 Å². The molecule has 1 amide bonds. The molecule has 286 valence electrons. The molecule has 1 aromatic rings. The second-order valence-electron chi connectivity index (χ2n) is 15.7. The second kappa shape index (κ2) is 18.4. The van der Waals surface area contributed by atoms with Gasteiger partial charge in [0.25, 0.3) is 0 Å². The highest BCUT2D eigenvalue weighted by molar-refractivity contribution is 5.89. The van der Waals surface area contributed by atoms with Crippen molar-refractivity contribution in [1.82, 2.24) is 4.90 Å². The molecule has 10 nitrogen and oxygen atoms in total. The molecule has 1 saturated heterocycles. The van der Waals surface area contributed by atoms with E-state index in [4.69, 9.17) is 9.47 Å². The Morgan fingerprint density at radius 2 is 1.71 bits per heavy atom. The van der Waals surface area contributed by atoms with Crippen LogP contribution >= 0.6 is 0 Å². The number of hydrogen-bond donors (Lipinski definition) is 1. The fourth-order valence-corrected chi connectivity index (χ4v) is 8.52. The number of piperidine rings is 1. The van der Waals surface area contributed by atoms with Crippen LogP contribution in [0.3, 0.4) is 0 Å². The van der Waals surface area contributed by atoms with Crippen LogP contribution in [0.15, 0.2) is 24.8 Å². The number of aryl methyl sites for hydroxylation is 1. The Hall–Kier alpha value is -3.43. The number of esters is 2. The van der Waals surface area contributed by atoms with E-state index in [-0.39, 0.29) is 36.5 Å². The average molecular weight is 713 g/mol. The first-order chi connectivity index (χ1) is 24.1. The molecule has 0 radical (unpaired) electrons. The van der Waals surface area contributed by atoms with Gasteiger partial charge in [0.1, 0.15) is 18.3 Å².